The van der Waals surface area contributed by atoms with E-state index in [1.54, 1.807) is 20.0 Å². The van der Waals surface area contributed by atoms with Crippen LogP contribution in [0.1, 0.15) is 52.4 Å². The van der Waals surface area contributed by atoms with Crippen molar-refractivity contribution in [2.45, 2.75) is 25.9 Å². The van der Waals surface area contributed by atoms with Gasteiger partial charge in [0.2, 0.25) is 5.06 Å². The Bertz CT molecular complexity index is 1540. The molecule has 3 aromatic rings. The summed E-state index contributed by atoms with van der Waals surface area (Å²) in [5.41, 5.74) is 3.52. The van der Waals surface area contributed by atoms with Crippen molar-refractivity contribution in [3.05, 3.63) is 67.6 Å². The lowest BCUT2D eigenvalue weighted by Gasteiger charge is -2.41. The predicted molar refractivity (Wildman–Crippen MR) is 141 cm³/mol. The van der Waals surface area contributed by atoms with Crippen LogP contribution >= 0.6 is 34.5 Å². The summed E-state index contributed by atoms with van der Waals surface area (Å²) in [6.45, 7) is 2.20. The van der Waals surface area contributed by atoms with Crippen LogP contribution in [0.4, 0.5) is 5.69 Å². The van der Waals surface area contributed by atoms with Gasteiger partial charge in [-0.2, -0.15) is 9.64 Å². The Hall–Kier alpha value is -3.83. The van der Waals surface area contributed by atoms with Crippen LogP contribution < -0.4 is 10.2 Å². The lowest BCUT2D eigenvalue weighted by molar-refractivity contribution is -0.174. The van der Waals surface area contributed by atoms with E-state index in [0.717, 1.165) is 39.4 Å². The molecule has 1 aliphatic carbocycles. The number of carbonyl (C=O) groups excluding carboxylic acids is 2. The Balaban J connectivity index is 0.000000198. The third-order valence-electron chi connectivity index (χ3n) is 6.19. The molecular weight excluding hydrogens is 532 g/mol. The van der Waals surface area contributed by atoms with Crippen LogP contribution in [0.15, 0.2) is 36.0 Å². The molecule has 1 spiro atoms. The number of hydrogen-bond donors (Lipinski definition) is 1. The number of benzene rings is 1. The fourth-order valence-corrected chi connectivity index (χ4v) is 5.88. The highest BCUT2D eigenvalue weighted by molar-refractivity contribution is 7.14. The quantitative estimate of drug-likeness (QED) is 0.265. The maximum absolute atomic E-state index is 12.1. The van der Waals surface area contributed by atoms with E-state index in [-0.39, 0.29) is 17.4 Å². The molecule has 1 atom stereocenters. The first-order valence-electron chi connectivity index (χ1n) is 11.2. The second-order valence-corrected chi connectivity index (χ2v) is 10.6. The van der Waals surface area contributed by atoms with Crippen molar-refractivity contribution in [3.8, 4) is 23.0 Å². The van der Waals surface area contributed by atoms with Crippen LogP contribution in [0, 0.1) is 28.6 Å². The van der Waals surface area contributed by atoms with E-state index in [1.165, 1.54) is 27.9 Å². The summed E-state index contributed by atoms with van der Waals surface area (Å²) < 4.78 is 8.83. The van der Waals surface area contributed by atoms with Gasteiger partial charge in [0.15, 0.2) is 5.69 Å². The maximum Gasteiger partial charge on any atom is 0.293 e. The number of halogens is 1. The Kier molecular flexibility index (Phi) is 6.65. The van der Waals surface area contributed by atoms with Gasteiger partial charge in [-0.3, -0.25) is 9.59 Å². The Morgan fingerprint density at radius 3 is 2.81 bits per heavy atom. The minimum atomic E-state index is -0.281. The molecule has 1 N–H and O–H groups in total. The average Bonchev–Trinajstić information content (AvgIpc) is 3.51. The maximum atomic E-state index is 12.1. The number of carbonyl (C=O) groups is 2. The Morgan fingerprint density at radius 1 is 1.35 bits per heavy atom. The number of hydrogen-bond acceptors (Lipinski definition) is 9. The minimum Gasteiger partial charge on any atom is -0.460 e. The van der Waals surface area contributed by atoms with E-state index < -0.39 is 0 Å². The fraction of sp³-hybridized carbons (Fsp3) is 0.231. The van der Waals surface area contributed by atoms with Crippen molar-refractivity contribution in [3.63, 3.8) is 0 Å². The number of nitrogens with one attached hydrogen (secondary N) is 1. The van der Waals surface area contributed by atoms with Crippen LogP contribution in [0.25, 0.3) is 6.08 Å². The molecule has 186 valence electrons. The SMILES string of the molecule is CC(OC=O)c1ccccc1Cl.CNc1c(C#N)nsc1C#Cc1cc2c(s1)ON1C(=O)C3(CC3)C1=C2. The third-order valence-corrected chi connectivity index (χ3v) is 8.24. The highest BCUT2D eigenvalue weighted by Crippen LogP contribution is 2.63. The minimum absolute atomic E-state index is 0.0674. The van der Waals surface area contributed by atoms with E-state index in [9.17, 15) is 9.59 Å². The molecule has 6 rings (SSSR count). The van der Waals surface area contributed by atoms with Crippen LogP contribution in [-0.2, 0) is 14.3 Å². The standard InChI is InChI=1S/C17H10N4O2S2.C9H9ClO2/c1-19-14-11(8-18)20-25-12(14)3-2-10-6-9-7-13-17(4-5-17)16(22)21(13)23-15(9)24-10;1-7(12-6-11)8-4-2-3-5-9(8)10/h6-7,19H,4-5H2,1H3;2-7H,1H3. The van der Waals surface area contributed by atoms with Gasteiger partial charge in [0.1, 0.15) is 17.1 Å². The van der Waals surface area contributed by atoms with Gasteiger partial charge in [0.25, 0.3) is 12.4 Å². The van der Waals surface area contributed by atoms with E-state index in [2.05, 4.69) is 21.5 Å². The smallest absolute Gasteiger partial charge is 0.293 e. The molecule has 1 unspecified atom stereocenters. The van der Waals surface area contributed by atoms with Gasteiger partial charge in [0, 0.05) is 23.2 Å². The molecule has 2 fully saturated rings. The molecule has 1 saturated heterocycles. The topological polar surface area (TPSA) is 105 Å². The number of thiophene rings is 1. The summed E-state index contributed by atoms with van der Waals surface area (Å²) in [6, 6.07) is 11.3. The van der Waals surface area contributed by atoms with E-state index in [1.807, 2.05) is 36.4 Å². The molecule has 0 bridgehead atoms. The van der Waals surface area contributed by atoms with Gasteiger partial charge in [-0.15, -0.1) is 5.06 Å². The molecule has 1 aromatic carbocycles. The zero-order valence-electron chi connectivity index (χ0n) is 19.7. The molecule has 2 aliphatic heterocycles. The summed E-state index contributed by atoms with van der Waals surface area (Å²) in [4.78, 5) is 29.4. The first kappa shape index (κ1) is 24.8. The number of hydroxylamine groups is 2. The van der Waals surface area contributed by atoms with Crippen LogP contribution in [0.2, 0.25) is 5.02 Å². The van der Waals surface area contributed by atoms with E-state index in [0.29, 0.717) is 27.9 Å². The highest BCUT2D eigenvalue weighted by Gasteiger charge is 2.67. The van der Waals surface area contributed by atoms with Gasteiger partial charge >= 0.3 is 0 Å². The molecule has 11 heteroatoms. The molecule has 3 aliphatic rings. The number of ether oxygens (including phenoxy) is 1. The number of aromatic nitrogens is 1. The molecule has 1 amide bonds. The number of fused-ring (bicyclic) bond motifs is 3. The first-order chi connectivity index (χ1) is 17.9. The Labute approximate surface area is 226 Å². The monoisotopic (exact) mass is 550 g/mol. The molecule has 2 aromatic heterocycles. The number of nitrogens with zero attached hydrogens (tertiary/aromatic N) is 3. The molecule has 37 heavy (non-hydrogen) atoms. The number of amides is 1. The molecule has 1 saturated carbocycles. The number of rotatable bonds is 4. The van der Waals surface area contributed by atoms with Gasteiger partial charge in [0.05, 0.1) is 21.7 Å². The molecule has 4 heterocycles. The van der Waals surface area contributed by atoms with Crippen molar-refractivity contribution in [2.75, 3.05) is 12.4 Å². The highest BCUT2D eigenvalue weighted by atomic mass is 35.5. The van der Waals surface area contributed by atoms with Gasteiger partial charge < -0.3 is 14.9 Å². The number of nitriles is 1. The van der Waals surface area contributed by atoms with Crippen molar-refractivity contribution in [2.24, 2.45) is 5.41 Å². The van der Waals surface area contributed by atoms with Crippen LogP contribution in [0.5, 0.6) is 5.06 Å². The fourth-order valence-electron chi connectivity index (χ4n) is 4.05. The molecular formula is C26H19ClN4O4S2. The molecule has 0 radical (unpaired) electrons. The summed E-state index contributed by atoms with van der Waals surface area (Å²) in [5.74, 6) is 6.24. The normalized spacial score (nSPS) is 16.1. The van der Waals surface area contributed by atoms with Crippen LogP contribution in [-0.4, -0.2) is 28.9 Å². The molecule has 8 nitrogen and oxygen atoms in total. The second-order valence-electron chi connectivity index (χ2n) is 8.40. The van der Waals surface area contributed by atoms with E-state index >= 15 is 0 Å². The van der Waals surface area contributed by atoms with Gasteiger partial charge in [-0.25, -0.2) is 0 Å². The van der Waals surface area contributed by atoms with Crippen molar-refractivity contribution in [1.82, 2.24) is 9.44 Å². The zero-order chi connectivity index (χ0) is 26.2. The van der Waals surface area contributed by atoms with Crippen molar-refractivity contribution >= 4 is 58.6 Å². The number of anilines is 1. The zero-order valence-corrected chi connectivity index (χ0v) is 22.1. The van der Waals surface area contributed by atoms with E-state index in [4.69, 9.17) is 26.4 Å². The first-order valence-corrected chi connectivity index (χ1v) is 13.2. The summed E-state index contributed by atoms with van der Waals surface area (Å²) in [6.07, 6.45) is 3.59. The van der Waals surface area contributed by atoms with Gasteiger partial charge in [-0.05, 0) is 61.3 Å². The largest absolute Gasteiger partial charge is 0.460 e. The lowest BCUT2D eigenvalue weighted by Crippen LogP contribution is -2.54. The third kappa shape index (κ3) is 4.44. The van der Waals surface area contributed by atoms with Crippen molar-refractivity contribution in [1.29, 1.82) is 5.26 Å². The van der Waals surface area contributed by atoms with Gasteiger partial charge in [-0.1, -0.05) is 41.1 Å². The summed E-state index contributed by atoms with van der Waals surface area (Å²) >= 11 is 8.46. The summed E-state index contributed by atoms with van der Waals surface area (Å²) in [7, 11) is 1.74. The number of β-lactam (4-membered cyclic amide) rings is 1. The predicted octanol–water partition coefficient (Wildman–Crippen LogP) is 5.36. The lowest BCUT2D eigenvalue weighted by atomic mass is 9.90. The average molecular weight is 551 g/mol. The Morgan fingerprint density at radius 2 is 2.14 bits per heavy atom. The summed E-state index contributed by atoms with van der Waals surface area (Å²) in [5, 5.41) is 14.7. The van der Waals surface area contributed by atoms with Crippen molar-refractivity contribution < 1.29 is 19.2 Å². The second kappa shape index (κ2) is 9.91. The van der Waals surface area contributed by atoms with Crippen LogP contribution in [0.3, 0.4) is 0 Å².